The van der Waals surface area contributed by atoms with E-state index in [-0.39, 0.29) is 27.2 Å². The van der Waals surface area contributed by atoms with Gasteiger partial charge in [-0.3, -0.25) is 0 Å². The first-order valence-corrected chi connectivity index (χ1v) is 28.4. The van der Waals surface area contributed by atoms with Gasteiger partial charge in [0.05, 0.1) is 106 Å². The summed E-state index contributed by atoms with van der Waals surface area (Å²) in [5.74, 6) is 3.64. The zero-order chi connectivity index (χ0) is 58.0. The van der Waals surface area contributed by atoms with Crippen molar-refractivity contribution in [3.05, 3.63) is 72.8 Å². The van der Waals surface area contributed by atoms with Crippen molar-refractivity contribution < 1.29 is 75.8 Å². The Balaban J connectivity index is 1.10. The van der Waals surface area contributed by atoms with Crippen LogP contribution >= 0.6 is 0 Å². The summed E-state index contributed by atoms with van der Waals surface area (Å²) < 4.78 is 91.3. The molecular formula is C60H74N8O16. The second kappa shape index (κ2) is 33.4. The molecule has 0 spiro atoms. The van der Waals surface area contributed by atoms with Gasteiger partial charge in [-0.2, -0.15) is 0 Å². The molecule has 8 bridgehead atoms. The molecule has 2 aliphatic heterocycles. The summed E-state index contributed by atoms with van der Waals surface area (Å²) in [7, 11) is 0. The largest absolute Gasteiger partial charge is 0.468 e. The molecule has 5 heterocycles. The van der Waals surface area contributed by atoms with Crippen LogP contribution in [0.5, 0.6) is 23.0 Å². The lowest BCUT2D eigenvalue weighted by atomic mass is 10.1. The second-order valence-corrected chi connectivity index (χ2v) is 18.4. The third-order valence-corrected chi connectivity index (χ3v) is 12.7. The highest BCUT2D eigenvalue weighted by Crippen LogP contribution is 2.40. The van der Waals surface area contributed by atoms with E-state index in [0.29, 0.717) is 234 Å². The topological polar surface area (TPSA) is 257 Å². The van der Waals surface area contributed by atoms with Crippen molar-refractivity contribution in [3.63, 3.8) is 0 Å². The molecule has 2 N–H and O–H groups in total. The molecule has 4 aromatic carbocycles. The van der Waals surface area contributed by atoms with E-state index in [1.165, 1.54) is 0 Å². The monoisotopic (exact) mass is 1160 g/mol. The number of fused-ring (bicyclic) bond motifs is 20. The molecule has 0 radical (unpaired) electrons. The fourth-order valence-electron chi connectivity index (χ4n) is 8.67. The molecule has 450 valence electrons. The van der Waals surface area contributed by atoms with E-state index < -0.39 is 0 Å². The average Bonchev–Trinajstić information content (AvgIpc) is 4.31. The van der Waals surface area contributed by atoms with Gasteiger partial charge in [-0.15, -0.1) is 0 Å². The maximum Gasteiger partial charge on any atom is 0.189 e. The number of rotatable bonds is 40. The highest BCUT2D eigenvalue weighted by molar-refractivity contribution is 6.07. The van der Waals surface area contributed by atoms with Crippen LogP contribution in [0.1, 0.15) is 27.7 Å². The fourth-order valence-corrected chi connectivity index (χ4v) is 8.67. The van der Waals surface area contributed by atoms with Gasteiger partial charge in [0.15, 0.2) is 50.5 Å². The normalized spacial score (nSPS) is 11.9. The molecule has 24 heteroatoms. The van der Waals surface area contributed by atoms with Crippen LogP contribution in [0.15, 0.2) is 72.8 Å². The number of nitrogens with zero attached hydrogens (tertiary/aromatic N) is 6. The van der Waals surface area contributed by atoms with Crippen LogP contribution in [0.4, 0.5) is 0 Å². The number of aromatic amines is 2. The molecule has 2 aliphatic rings. The van der Waals surface area contributed by atoms with E-state index in [0.717, 1.165) is 10.8 Å². The SMILES string of the molecule is CCOCCOCCOCOc1ccc2c(c1)-c1nc-2nc2[nH]c(nc3nc(nc4[nH]c(n1)c1ccc(OCOCCOCCOCC)cc41)-c1ccc(OCOCCOCCOCC)cc1-3)c1ccc(OCOCCOCCOCC)cc21. The van der Waals surface area contributed by atoms with E-state index in [2.05, 4.69) is 9.97 Å². The Kier molecular flexibility index (Phi) is 24.5. The lowest BCUT2D eigenvalue weighted by Gasteiger charge is -2.09. The maximum absolute atomic E-state index is 6.12. The first-order valence-electron chi connectivity index (χ1n) is 28.4. The molecule has 0 saturated heterocycles. The van der Waals surface area contributed by atoms with Crippen LogP contribution in [0.2, 0.25) is 0 Å². The third kappa shape index (κ3) is 17.5. The lowest BCUT2D eigenvalue weighted by Crippen LogP contribution is -2.11. The van der Waals surface area contributed by atoms with Gasteiger partial charge in [0.1, 0.15) is 45.6 Å². The summed E-state index contributed by atoms with van der Waals surface area (Å²) in [6, 6.07) is 22.5. The molecule has 7 aromatic rings. The van der Waals surface area contributed by atoms with Gasteiger partial charge in [0.2, 0.25) is 0 Å². The molecule has 9 rings (SSSR count). The minimum Gasteiger partial charge on any atom is -0.468 e. The molecule has 3 aromatic heterocycles. The summed E-state index contributed by atoms with van der Waals surface area (Å²) in [6.07, 6.45) is 0. The molecular weight excluding hydrogens is 1090 g/mol. The fraction of sp³-hybridized carbons (Fsp3) is 0.467. The van der Waals surface area contributed by atoms with Crippen LogP contribution in [-0.4, -0.2) is 199 Å². The van der Waals surface area contributed by atoms with E-state index in [1.807, 2.05) is 100 Å². The third-order valence-electron chi connectivity index (χ3n) is 12.7. The average molecular weight is 1160 g/mol. The molecule has 0 atom stereocenters. The molecule has 0 aliphatic carbocycles. The minimum absolute atomic E-state index is 0.0108. The summed E-state index contributed by atoms with van der Waals surface area (Å²) in [4.78, 5) is 38.1. The Hall–Kier alpha value is -7.04. The van der Waals surface area contributed by atoms with Crippen molar-refractivity contribution in [3.8, 4) is 68.5 Å². The Labute approximate surface area is 486 Å². The second-order valence-electron chi connectivity index (χ2n) is 18.4. The van der Waals surface area contributed by atoms with Crippen molar-refractivity contribution in [2.45, 2.75) is 27.7 Å². The van der Waals surface area contributed by atoms with E-state index >= 15 is 0 Å². The van der Waals surface area contributed by atoms with Crippen molar-refractivity contribution in [2.75, 3.05) is 159 Å². The molecule has 0 unspecified atom stereocenters. The molecule has 0 amide bonds. The Morgan fingerprint density at radius 2 is 0.524 bits per heavy atom. The molecule has 0 fully saturated rings. The first kappa shape index (κ1) is 61.5. The van der Waals surface area contributed by atoms with Crippen LogP contribution in [-0.2, 0) is 56.8 Å². The lowest BCUT2D eigenvalue weighted by molar-refractivity contribution is -0.0259. The van der Waals surface area contributed by atoms with Crippen molar-refractivity contribution in [1.82, 2.24) is 39.9 Å². The molecule has 24 nitrogen and oxygen atoms in total. The maximum atomic E-state index is 6.12. The predicted molar refractivity (Wildman–Crippen MR) is 311 cm³/mol. The summed E-state index contributed by atoms with van der Waals surface area (Å²) in [5.41, 5.74) is 4.59. The molecule has 84 heavy (non-hydrogen) atoms. The first-order chi connectivity index (χ1) is 41.5. The number of hydrogen-bond acceptors (Lipinski definition) is 22. The van der Waals surface area contributed by atoms with Gasteiger partial charge in [-0.25, -0.2) is 29.9 Å². The highest BCUT2D eigenvalue weighted by Gasteiger charge is 2.24. The van der Waals surface area contributed by atoms with Crippen LogP contribution in [0.25, 0.3) is 89.7 Å². The van der Waals surface area contributed by atoms with Crippen molar-refractivity contribution >= 4 is 44.1 Å². The van der Waals surface area contributed by atoms with E-state index in [4.69, 9.17) is 106 Å². The summed E-state index contributed by atoms with van der Waals surface area (Å²) in [5, 5.41) is 2.85. The van der Waals surface area contributed by atoms with Crippen molar-refractivity contribution in [2.24, 2.45) is 0 Å². The van der Waals surface area contributed by atoms with Gasteiger partial charge >= 0.3 is 0 Å². The Morgan fingerprint density at radius 1 is 0.262 bits per heavy atom. The number of ether oxygens (including phenoxy) is 16. The smallest absolute Gasteiger partial charge is 0.189 e. The Bertz CT molecular complexity index is 3130. The summed E-state index contributed by atoms with van der Waals surface area (Å²) in [6.45, 7) is 17.2. The zero-order valence-electron chi connectivity index (χ0n) is 48.1. The van der Waals surface area contributed by atoms with Crippen LogP contribution in [0, 0.1) is 0 Å². The minimum atomic E-state index is -0.0128. The van der Waals surface area contributed by atoms with Crippen LogP contribution in [0.3, 0.4) is 0 Å². The standard InChI is InChI=1S/C60H74N8O16/c1-5-69-17-21-73-25-29-77-37-81-41-9-13-45-49(33-41)57-61-53(45)66-58-51-35-43(83-39-79-31-27-75-23-19-71-7-3)11-15-47(51)55(63-58)68-60-52-36-44(84-40-80-32-28-76-24-20-72-8-4)12-16-48(52)56(64-60)67-59-50-34-42(10-14-46(50)54(62-59)65-57)82-38-78-30-26-74-22-18-70-6-2/h9-16,33-36H,5-8,17-32,37-40H2,1-4H3,(H2,61,62,63,64,65,66,67,68). The van der Waals surface area contributed by atoms with Gasteiger partial charge in [0.25, 0.3) is 0 Å². The highest BCUT2D eigenvalue weighted by atomic mass is 16.7. The number of benzene rings is 4. The number of H-pyrrole nitrogens is 2. The van der Waals surface area contributed by atoms with Gasteiger partial charge in [0, 0.05) is 70.2 Å². The van der Waals surface area contributed by atoms with Gasteiger partial charge < -0.3 is 85.8 Å². The predicted octanol–water partition coefficient (Wildman–Crippen LogP) is 8.49. The summed E-state index contributed by atoms with van der Waals surface area (Å²) >= 11 is 0. The van der Waals surface area contributed by atoms with E-state index in [1.54, 1.807) is 0 Å². The van der Waals surface area contributed by atoms with E-state index in [9.17, 15) is 0 Å². The Morgan fingerprint density at radius 3 is 0.845 bits per heavy atom. The number of hydrogen-bond donors (Lipinski definition) is 2. The van der Waals surface area contributed by atoms with Gasteiger partial charge in [-0.05, 0) is 100 Å². The zero-order valence-corrected chi connectivity index (χ0v) is 48.1. The van der Waals surface area contributed by atoms with Crippen molar-refractivity contribution in [1.29, 1.82) is 0 Å². The van der Waals surface area contributed by atoms with Gasteiger partial charge in [-0.1, -0.05) is 0 Å². The van der Waals surface area contributed by atoms with Crippen LogP contribution < -0.4 is 18.9 Å². The number of nitrogens with one attached hydrogen (secondary N) is 2. The molecule has 0 saturated carbocycles. The number of aromatic nitrogens is 8. The quantitative estimate of drug-likeness (QED) is 0.0269.